The second kappa shape index (κ2) is 4.17. The molecule has 0 spiro atoms. The van der Waals surface area contributed by atoms with Crippen LogP contribution in [0.1, 0.15) is 23.6 Å². The highest BCUT2D eigenvalue weighted by atomic mass is 16.6. The number of hydrogen-bond acceptors (Lipinski definition) is 3. The van der Waals surface area contributed by atoms with E-state index in [1.807, 2.05) is 0 Å². The van der Waals surface area contributed by atoms with Gasteiger partial charge in [-0.15, -0.1) is 0 Å². The summed E-state index contributed by atoms with van der Waals surface area (Å²) >= 11 is 0. The summed E-state index contributed by atoms with van der Waals surface area (Å²) in [5, 5.41) is 0. The number of ether oxygens (including phenoxy) is 2. The molecule has 0 bridgehead atoms. The fourth-order valence-corrected chi connectivity index (χ4v) is 1.97. The predicted octanol–water partition coefficient (Wildman–Crippen LogP) is 1.42. The van der Waals surface area contributed by atoms with Crippen LogP contribution >= 0.6 is 0 Å². The van der Waals surface area contributed by atoms with Gasteiger partial charge in [0.15, 0.2) is 0 Å². The lowest BCUT2D eigenvalue weighted by molar-refractivity contribution is 0.382. The zero-order chi connectivity index (χ0) is 11.0. The third kappa shape index (κ3) is 2.61. The fourth-order valence-electron chi connectivity index (χ4n) is 1.97. The molecule has 0 saturated carbocycles. The van der Waals surface area contributed by atoms with Crippen LogP contribution in [0.25, 0.3) is 0 Å². The van der Waals surface area contributed by atoms with E-state index < -0.39 is 0 Å². The largest absolute Gasteiger partial charge is 0.373 e. The third-order valence-corrected chi connectivity index (χ3v) is 3.19. The second-order valence-electron chi connectivity index (χ2n) is 4.70. The van der Waals surface area contributed by atoms with Gasteiger partial charge in [-0.05, 0) is 17.5 Å². The number of nitrogens with two attached hydrogens (primary N) is 1. The van der Waals surface area contributed by atoms with Crippen molar-refractivity contribution < 1.29 is 9.47 Å². The van der Waals surface area contributed by atoms with Gasteiger partial charge in [0.1, 0.15) is 0 Å². The zero-order valence-corrected chi connectivity index (χ0v) is 9.26. The Hall–Kier alpha value is -0.900. The molecule has 0 aliphatic carbocycles. The summed E-state index contributed by atoms with van der Waals surface area (Å²) in [5.41, 5.74) is 8.63. The average Bonchev–Trinajstić information content (AvgIpc) is 3.14. The first kappa shape index (κ1) is 10.3. The van der Waals surface area contributed by atoms with Gasteiger partial charge in [0, 0.05) is 12.5 Å². The SMILES string of the molecule is NC(CC1CO1)c1ccc(CC2CO2)cc1. The highest BCUT2D eigenvalue weighted by molar-refractivity contribution is 5.26. The second-order valence-corrected chi connectivity index (χ2v) is 4.70. The van der Waals surface area contributed by atoms with Gasteiger partial charge in [-0.2, -0.15) is 0 Å². The number of epoxide rings is 2. The van der Waals surface area contributed by atoms with E-state index in [4.69, 9.17) is 15.2 Å². The van der Waals surface area contributed by atoms with Crippen LogP contribution in [0, 0.1) is 0 Å². The molecule has 3 atom stereocenters. The van der Waals surface area contributed by atoms with Gasteiger partial charge in [0.25, 0.3) is 0 Å². The molecule has 2 aliphatic rings. The minimum Gasteiger partial charge on any atom is -0.373 e. The van der Waals surface area contributed by atoms with Crippen LogP contribution in [-0.4, -0.2) is 25.4 Å². The lowest BCUT2D eigenvalue weighted by Gasteiger charge is -2.10. The van der Waals surface area contributed by atoms with Gasteiger partial charge < -0.3 is 15.2 Å². The van der Waals surface area contributed by atoms with E-state index in [-0.39, 0.29) is 6.04 Å². The first-order valence-electron chi connectivity index (χ1n) is 5.89. The first-order valence-corrected chi connectivity index (χ1v) is 5.89. The molecule has 2 saturated heterocycles. The van der Waals surface area contributed by atoms with Crippen LogP contribution < -0.4 is 5.73 Å². The Morgan fingerprint density at radius 1 is 1.12 bits per heavy atom. The van der Waals surface area contributed by atoms with Gasteiger partial charge in [-0.25, -0.2) is 0 Å². The average molecular weight is 219 g/mol. The molecule has 3 rings (SSSR count). The molecule has 2 N–H and O–H groups in total. The molecular weight excluding hydrogens is 202 g/mol. The van der Waals surface area contributed by atoms with Crippen molar-refractivity contribution in [2.24, 2.45) is 5.73 Å². The topological polar surface area (TPSA) is 51.1 Å². The summed E-state index contributed by atoms with van der Waals surface area (Å²) in [4.78, 5) is 0. The van der Waals surface area contributed by atoms with E-state index in [2.05, 4.69) is 24.3 Å². The highest BCUT2D eigenvalue weighted by Crippen LogP contribution is 2.24. The Morgan fingerprint density at radius 3 is 2.31 bits per heavy atom. The first-order chi connectivity index (χ1) is 7.81. The Morgan fingerprint density at radius 2 is 1.75 bits per heavy atom. The summed E-state index contributed by atoms with van der Waals surface area (Å²) in [7, 11) is 0. The number of hydrogen-bond donors (Lipinski definition) is 1. The Labute approximate surface area is 95.5 Å². The van der Waals surface area contributed by atoms with Gasteiger partial charge >= 0.3 is 0 Å². The van der Waals surface area contributed by atoms with Crippen LogP contribution in [0.5, 0.6) is 0 Å². The van der Waals surface area contributed by atoms with Crippen molar-refractivity contribution in [3.05, 3.63) is 35.4 Å². The standard InChI is InChI=1S/C13H17NO2/c14-13(6-12-8-16-12)10-3-1-9(2-4-10)5-11-7-15-11/h1-4,11-13H,5-8,14H2. The van der Waals surface area contributed by atoms with Gasteiger partial charge in [-0.1, -0.05) is 24.3 Å². The maximum absolute atomic E-state index is 6.09. The van der Waals surface area contributed by atoms with Crippen molar-refractivity contribution in [3.63, 3.8) is 0 Å². The molecule has 0 aromatic heterocycles. The molecule has 0 amide bonds. The summed E-state index contributed by atoms with van der Waals surface area (Å²) in [6.07, 6.45) is 2.82. The lowest BCUT2D eigenvalue weighted by atomic mass is 10.0. The van der Waals surface area contributed by atoms with Gasteiger partial charge in [0.05, 0.1) is 25.4 Å². The molecule has 2 fully saturated rings. The van der Waals surface area contributed by atoms with Crippen molar-refractivity contribution in [2.75, 3.05) is 13.2 Å². The van der Waals surface area contributed by atoms with E-state index in [9.17, 15) is 0 Å². The van der Waals surface area contributed by atoms with Crippen molar-refractivity contribution in [1.82, 2.24) is 0 Å². The van der Waals surface area contributed by atoms with E-state index in [1.54, 1.807) is 0 Å². The summed E-state index contributed by atoms with van der Waals surface area (Å²) in [6, 6.07) is 8.68. The zero-order valence-electron chi connectivity index (χ0n) is 9.26. The molecule has 3 unspecified atom stereocenters. The number of benzene rings is 1. The van der Waals surface area contributed by atoms with E-state index in [0.29, 0.717) is 12.2 Å². The summed E-state index contributed by atoms with van der Waals surface area (Å²) in [6.45, 7) is 1.80. The third-order valence-electron chi connectivity index (χ3n) is 3.19. The van der Waals surface area contributed by atoms with Crippen LogP contribution in [0.3, 0.4) is 0 Å². The van der Waals surface area contributed by atoms with Crippen LogP contribution in [0.2, 0.25) is 0 Å². The van der Waals surface area contributed by atoms with E-state index in [1.165, 1.54) is 11.1 Å². The smallest absolute Gasteiger partial charge is 0.0850 e. The molecule has 86 valence electrons. The lowest BCUT2D eigenvalue weighted by Crippen LogP contribution is -2.12. The molecule has 16 heavy (non-hydrogen) atoms. The number of rotatable bonds is 5. The Bertz CT molecular complexity index is 355. The van der Waals surface area contributed by atoms with Crippen LogP contribution in [-0.2, 0) is 15.9 Å². The Balaban J connectivity index is 1.60. The maximum Gasteiger partial charge on any atom is 0.0850 e. The molecule has 2 aliphatic heterocycles. The molecule has 1 aromatic rings. The predicted molar refractivity (Wildman–Crippen MR) is 61.2 cm³/mol. The minimum atomic E-state index is 0.110. The van der Waals surface area contributed by atoms with Crippen molar-refractivity contribution in [2.45, 2.75) is 31.1 Å². The molecule has 3 nitrogen and oxygen atoms in total. The molecule has 1 aromatic carbocycles. The normalized spacial score (nSPS) is 28.8. The molecule has 3 heteroatoms. The molecule has 2 heterocycles. The quantitative estimate of drug-likeness (QED) is 0.762. The van der Waals surface area contributed by atoms with Crippen molar-refractivity contribution >= 4 is 0 Å². The molecule has 0 radical (unpaired) electrons. The van der Waals surface area contributed by atoms with Crippen LogP contribution in [0.15, 0.2) is 24.3 Å². The maximum atomic E-state index is 6.09. The molecular formula is C13H17NO2. The van der Waals surface area contributed by atoms with E-state index >= 15 is 0 Å². The minimum absolute atomic E-state index is 0.110. The Kier molecular flexibility index (Phi) is 2.67. The van der Waals surface area contributed by atoms with Crippen LogP contribution in [0.4, 0.5) is 0 Å². The monoisotopic (exact) mass is 219 g/mol. The van der Waals surface area contributed by atoms with Crippen molar-refractivity contribution in [3.8, 4) is 0 Å². The van der Waals surface area contributed by atoms with Crippen molar-refractivity contribution in [1.29, 1.82) is 0 Å². The highest BCUT2D eigenvalue weighted by Gasteiger charge is 2.26. The fraction of sp³-hybridized carbons (Fsp3) is 0.538. The van der Waals surface area contributed by atoms with E-state index in [0.717, 1.165) is 26.1 Å². The van der Waals surface area contributed by atoms with Gasteiger partial charge in [-0.3, -0.25) is 0 Å². The summed E-state index contributed by atoms with van der Waals surface area (Å²) in [5.74, 6) is 0. The summed E-state index contributed by atoms with van der Waals surface area (Å²) < 4.78 is 10.4. The van der Waals surface area contributed by atoms with Gasteiger partial charge in [0.2, 0.25) is 0 Å².